The highest BCUT2D eigenvalue weighted by Gasteiger charge is 2.31. The van der Waals surface area contributed by atoms with E-state index in [-0.39, 0.29) is 18.8 Å². The quantitative estimate of drug-likeness (QED) is 0.741. The topological polar surface area (TPSA) is 88.1 Å². The van der Waals surface area contributed by atoms with E-state index in [4.69, 9.17) is 14.6 Å². The fourth-order valence-corrected chi connectivity index (χ4v) is 2.48. The van der Waals surface area contributed by atoms with Gasteiger partial charge in [-0.3, -0.25) is 14.5 Å². The summed E-state index contributed by atoms with van der Waals surface area (Å²) in [5.74, 6) is 0.876. The molecule has 0 saturated heterocycles. The number of ether oxygens (including phenoxy) is 2. The van der Waals surface area contributed by atoms with Crippen molar-refractivity contribution in [2.45, 2.75) is 0 Å². The first-order chi connectivity index (χ1) is 12.6. The number of aliphatic hydroxyl groups excluding tert-OH is 1. The minimum atomic E-state index is -0.483. The second-order valence-electron chi connectivity index (χ2n) is 5.48. The van der Waals surface area contributed by atoms with Crippen molar-refractivity contribution in [1.82, 2.24) is 4.90 Å². The lowest BCUT2D eigenvalue weighted by Gasteiger charge is -2.15. The first-order valence-corrected chi connectivity index (χ1v) is 7.98. The lowest BCUT2D eigenvalue weighted by molar-refractivity contribution is -0.137. The predicted molar refractivity (Wildman–Crippen MR) is 95.0 cm³/mol. The van der Waals surface area contributed by atoms with Crippen LogP contribution >= 0.6 is 0 Å². The summed E-state index contributed by atoms with van der Waals surface area (Å²) < 4.78 is 11.0. The van der Waals surface area contributed by atoms with Crippen LogP contribution in [0.15, 0.2) is 60.3 Å². The van der Waals surface area contributed by atoms with Crippen molar-refractivity contribution < 1.29 is 24.2 Å². The largest absolute Gasteiger partial charge is 0.497 e. The van der Waals surface area contributed by atoms with Gasteiger partial charge < -0.3 is 19.9 Å². The van der Waals surface area contributed by atoms with E-state index in [0.29, 0.717) is 22.9 Å². The monoisotopic (exact) mass is 354 g/mol. The lowest BCUT2D eigenvalue weighted by atomic mass is 10.2. The zero-order valence-corrected chi connectivity index (χ0v) is 14.1. The molecule has 0 aliphatic carbocycles. The Morgan fingerprint density at radius 1 is 1.04 bits per heavy atom. The molecule has 0 radical (unpaired) electrons. The van der Waals surface area contributed by atoms with Crippen LogP contribution in [0.5, 0.6) is 17.2 Å². The molecule has 0 fully saturated rings. The van der Waals surface area contributed by atoms with E-state index in [1.165, 1.54) is 6.08 Å². The van der Waals surface area contributed by atoms with Crippen LogP contribution in [0.3, 0.4) is 0 Å². The maximum absolute atomic E-state index is 12.3. The summed E-state index contributed by atoms with van der Waals surface area (Å²) in [4.78, 5) is 25.1. The van der Waals surface area contributed by atoms with Crippen LogP contribution in [0.1, 0.15) is 0 Å². The van der Waals surface area contributed by atoms with E-state index in [1.807, 2.05) is 0 Å². The highest BCUT2D eigenvalue weighted by atomic mass is 16.5. The second kappa shape index (κ2) is 7.71. The molecule has 26 heavy (non-hydrogen) atoms. The molecule has 0 aromatic heterocycles. The number of β-amino-alcohol motifs (C(OH)–C–C–N with tert-alkyl or cyclic N) is 1. The predicted octanol–water partition coefficient (Wildman–Crippen LogP) is 2.14. The minimum absolute atomic E-state index is 0.0384. The number of benzene rings is 2. The molecule has 2 N–H and O–H groups in total. The first-order valence-electron chi connectivity index (χ1n) is 7.98. The number of nitrogens with one attached hydrogen (secondary N) is 1. The van der Waals surface area contributed by atoms with Gasteiger partial charge in [-0.1, -0.05) is 12.1 Å². The van der Waals surface area contributed by atoms with Crippen molar-refractivity contribution in [2.24, 2.45) is 0 Å². The van der Waals surface area contributed by atoms with E-state index < -0.39 is 11.8 Å². The zero-order chi connectivity index (χ0) is 18.5. The smallest absolute Gasteiger partial charge is 0.277 e. The summed E-state index contributed by atoms with van der Waals surface area (Å²) in [7, 11) is 1.59. The van der Waals surface area contributed by atoms with Gasteiger partial charge in [0.25, 0.3) is 11.8 Å². The molecule has 0 atom stereocenters. The standard InChI is InChI=1S/C19H18N2O5/c1-25-13-6-8-14(9-7-13)26-17-5-3-2-4-15(17)20-16-12-18(23)21(10-11-22)19(16)24/h2-9,12,20,22H,10-11H2,1H3. The van der Waals surface area contributed by atoms with Crippen molar-refractivity contribution in [3.8, 4) is 17.2 Å². The molecule has 3 rings (SSSR count). The number of carbonyl (C=O) groups is 2. The highest BCUT2D eigenvalue weighted by molar-refractivity contribution is 6.17. The number of carbonyl (C=O) groups excluding carboxylic acids is 2. The van der Waals surface area contributed by atoms with Crippen LogP contribution in [-0.4, -0.2) is 42.1 Å². The van der Waals surface area contributed by atoms with Crippen molar-refractivity contribution >= 4 is 17.5 Å². The molecule has 1 aliphatic rings. The van der Waals surface area contributed by atoms with Crippen LogP contribution in [0, 0.1) is 0 Å². The summed E-state index contributed by atoms with van der Waals surface area (Å²) >= 11 is 0. The number of aliphatic hydroxyl groups is 1. The van der Waals surface area contributed by atoms with Gasteiger partial charge in [0.1, 0.15) is 17.2 Å². The molecule has 0 bridgehead atoms. The van der Waals surface area contributed by atoms with Crippen molar-refractivity contribution in [3.05, 3.63) is 60.3 Å². The molecule has 0 saturated carbocycles. The van der Waals surface area contributed by atoms with E-state index in [0.717, 1.165) is 4.90 Å². The Bertz CT molecular complexity index is 845. The van der Waals surface area contributed by atoms with Crippen LogP contribution in [-0.2, 0) is 9.59 Å². The Hall–Kier alpha value is -3.32. The van der Waals surface area contributed by atoms with Gasteiger partial charge in [-0.2, -0.15) is 0 Å². The van der Waals surface area contributed by atoms with Crippen molar-refractivity contribution in [1.29, 1.82) is 0 Å². The Morgan fingerprint density at radius 2 is 1.73 bits per heavy atom. The average Bonchev–Trinajstić information content (AvgIpc) is 2.92. The van der Waals surface area contributed by atoms with Gasteiger partial charge in [0.15, 0.2) is 5.75 Å². The molecule has 7 nitrogen and oxygen atoms in total. The summed E-state index contributed by atoms with van der Waals surface area (Å²) in [5.41, 5.74) is 0.677. The second-order valence-corrected chi connectivity index (χ2v) is 5.48. The van der Waals surface area contributed by atoms with Gasteiger partial charge in [-0.15, -0.1) is 0 Å². The van der Waals surface area contributed by atoms with Crippen LogP contribution in [0.25, 0.3) is 0 Å². The maximum atomic E-state index is 12.3. The van der Waals surface area contributed by atoms with Gasteiger partial charge >= 0.3 is 0 Å². The molecule has 1 aliphatic heterocycles. The number of nitrogens with zero attached hydrogens (tertiary/aromatic N) is 1. The molecule has 2 aromatic carbocycles. The highest BCUT2D eigenvalue weighted by Crippen LogP contribution is 2.31. The lowest BCUT2D eigenvalue weighted by Crippen LogP contribution is -2.34. The Morgan fingerprint density at radius 3 is 2.42 bits per heavy atom. The number of para-hydroxylation sites is 2. The van der Waals surface area contributed by atoms with Crippen LogP contribution in [0.4, 0.5) is 5.69 Å². The summed E-state index contributed by atoms with van der Waals surface area (Å²) in [6, 6.07) is 14.2. The number of hydrogen-bond acceptors (Lipinski definition) is 6. The van der Waals surface area contributed by atoms with Gasteiger partial charge in [-0.25, -0.2) is 0 Å². The molecule has 2 aromatic rings. The van der Waals surface area contributed by atoms with Gasteiger partial charge in [-0.05, 0) is 36.4 Å². The summed E-state index contributed by atoms with van der Waals surface area (Å²) in [6.45, 7) is -0.320. The van der Waals surface area contributed by atoms with Gasteiger partial charge in [0.2, 0.25) is 0 Å². The number of amides is 2. The van der Waals surface area contributed by atoms with Crippen LogP contribution in [0.2, 0.25) is 0 Å². The molecular weight excluding hydrogens is 336 g/mol. The van der Waals surface area contributed by atoms with E-state index in [2.05, 4.69) is 5.32 Å². The van der Waals surface area contributed by atoms with E-state index >= 15 is 0 Å². The molecule has 2 amide bonds. The number of hydrogen-bond donors (Lipinski definition) is 2. The van der Waals surface area contributed by atoms with Gasteiger partial charge in [0.05, 0.1) is 25.9 Å². The fourth-order valence-electron chi connectivity index (χ4n) is 2.48. The Kier molecular flexibility index (Phi) is 5.19. The molecular formula is C19H18N2O5. The number of imide groups is 1. The third-order valence-corrected chi connectivity index (χ3v) is 3.78. The van der Waals surface area contributed by atoms with Crippen molar-refractivity contribution in [3.63, 3.8) is 0 Å². The van der Waals surface area contributed by atoms with Gasteiger partial charge in [0, 0.05) is 6.08 Å². The summed E-state index contributed by atoms with van der Waals surface area (Å²) in [5, 5.41) is 11.9. The first kappa shape index (κ1) is 17.5. The Balaban J connectivity index is 1.78. The molecule has 0 unspecified atom stereocenters. The van der Waals surface area contributed by atoms with E-state index in [9.17, 15) is 9.59 Å². The van der Waals surface area contributed by atoms with E-state index in [1.54, 1.807) is 55.6 Å². The summed E-state index contributed by atoms with van der Waals surface area (Å²) in [6.07, 6.45) is 1.21. The zero-order valence-electron chi connectivity index (χ0n) is 14.1. The minimum Gasteiger partial charge on any atom is -0.497 e. The molecule has 1 heterocycles. The molecule has 134 valence electrons. The fraction of sp³-hybridized carbons (Fsp3) is 0.158. The number of anilines is 1. The molecule has 0 spiro atoms. The normalized spacial score (nSPS) is 13.6. The average molecular weight is 354 g/mol. The number of methoxy groups -OCH3 is 1. The number of rotatable bonds is 7. The third-order valence-electron chi connectivity index (χ3n) is 3.78. The maximum Gasteiger partial charge on any atom is 0.277 e. The third kappa shape index (κ3) is 3.68. The Labute approximate surface area is 150 Å². The SMILES string of the molecule is COc1ccc(Oc2ccccc2NC2=CC(=O)N(CCO)C2=O)cc1. The van der Waals surface area contributed by atoms with Crippen LogP contribution < -0.4 is 14.8 Å². The molecule has 7 heteroatoms. The van der Waals surface area contributed by atoms with Crippen molar-refractivity contribution in [2.75, 3.05) is 25.6 Å².